The van der Waals surface area contributed by atoms with Gasteiger partial charge in [-0.3, -0.25) is 9.89 Å². The van der Waals surface area contributed by atoms with Crippen molar-refractivity contribution in [1.82, 2.24) is 20.0 Å². The largest absolute Gasteiger partial charge is 0.322 e. The maximum Gasteiger partial charge on any atom is 0.258 e. The highest BCUT2D eigenvalue weighted by Gasteiger charge is 2.07. The van der Waals surface area contributed by atoms with Crippen molar-refractivity contribution < 1.29 is 4.79 Å². The van der Waals surface area contributed by atoms with Gasteiger partial charge in [0.05, 0.1) is 17.4 Å². The van der Waals surface area contributed by atoms with Crippen LogP contribution in [0.4, 0.5) is 5.69 Å². The van der Waals surface area contributed by atoms with Gasteiger partial charge in [0.15, 0.2) is 0 Å². The van der Waals surface area contributed by atoms with Crippen LogP contribution in [-0.4, -0.2) is 25.9 Å². The zero-order valence-corrected chi connectivity index (χ0v) is 9.95. The summed E-state index contributed by atoms with van der Waals surface area (Å²) < 4.78 is 1.73. The summed E-state index contributed by atoms with van der Waals surface area (Å²) in [6, 6.07) is 9.30. The highest BCUT2D eigenvalue weighted by atomic mass is 16.1. The fourth-order valence-corrected chi connectivity index (χ4v) is 1.73. The lowest BCUT2D eigenvalue weighted by Crippen LogP contribution is -2.11. The van der Waals surface area contributed by atoms with Crippen LogP contribution in [0.15, 0.2) is 55.1 Å². The molecule has 0 unspecified atom stereocenters. The van der Waals surface area contributed by atoms with Gasteiger partial charge in [-0.1, -0.05) is 6.07 Å². The maximum absolute atomic E-state index is 11.9. The minimum Gasteiger partial charge on any atom is -0.322 e. The molecule has 0 fully saturated rings. The van der Waals surface area contributed by atoms with Crippen molar-refractivity contribution in [3.05, 3.63) is 60.7 Å². The molecule has 0 saturated heterocycles. The summed E-state index contributed by atoms with van der Waals surface area (Å²) in [7, 11) is 0. The smallest absolute Gasteiger partial charge is 0.258 e. The predicted octanol–water partition coefficient (Wildman–Crippen LogP) is 1.85. The van der Waals surface area contributed by atoms with Gasteiger partial charge in [0, 0.05) is 24.3 Å². The fraction of sp³-hybridized carbons (Fsp3) is 0. The molecule has 0 aliphatic carbocycles. The molecule has 2 aromatic heterocycles. The number of rotatable bonds is 3. The SMILES string of the molecule is O=C(Nc1cccc(-n2cccn2)c1)c1cn[nH]c1. The molecule has 0 atom stereocenters. The van der Waals surface area contributed by atoms with Gasteiger partial charge >= 0.3 is 0 Å². The Bertz CT molecular complexity index is 673. The fourth-order valence-electron chi connectivity index (χ4n) is 1.73. The Labute approximate surface area is 109 Å². The molecule has 0 aliphatic heterocycles. The third-order valence-electron chi connectivity index (χ3n) is 2.63. The van der Waals surface area contributed by atoms with E-state index in [0.717, 1.165) is 5.69 Å². The summed E-state index contributed by atoms with van der Waals surface area (Å²) >= 11 is 0. The molecule has 0 bridgehead atoms. The molecule has 0 spiro atoms. The zero-order valence-electron chi connectivity index (χ0n) is 9.95. The molecule has 1 amide bonds. The first kappa shape index (κ1) is 11.2. The van der Waals surface area contributed by atoms with Gasteiger partial charge in [-0.05, 0) is 24.3 Å². The van der Waals surface area contributed by atoms with Crippen molar-refractivity contribution >= 4 is 11.6 Å². The topological polar surface area (TPSA) is 75.6 Å². The van der Waals surface area contributed by atoms with Crippen molar-refractivity contribution in [1.29, 1.82) is 0 Å². The zero-order chi connectivity index (χ0) is 13.1. The van der Waals surface area contributed by atoms with Gasteiger partial charge in [0.1, 0.15) is 0 Å². The van der Waals surface area contributed by atoms with E-state index in [0.29, 0.717) is 11.3 Å². The normalized spacial score (nSPS) is 10.3. The summed E-state index contributed by atoms with van der Waals surface area (Å²) in [5.41, 5.74) is 2.08. The Hall–Kier alpha value is -2.89. The van der Waals surface area contributed by atoms with Crippen LogP contribution in [0.3, 0.4) is 0 Å². The van der Waals surface area contributed by atoms with Crippen LogP contribution in [0.2, 0.25) is 0 Å². The molecule has 6 nitrogen and oxygen atoms in total. The van der Waals surface area contributed by atoms with E-state index < -0.39 is 0 Å². The quantitative estimate of drug-likeness (QED) is 0.748. The summed E-state index contributed by atoms with van der Waals surface area (Å²) in [4.78, 5) is 11.9. The number of carbonyl (C=O) groups is 1. The predicted molar refractivity (Wildman–Crippen MR) is 70.1 cm³/mol. The first-order chi connectivity index (χ1) is 9.33. The number of aromatic nitrogens is 4. The molecule has 19 heavy (non-hydrogen) atoms. The average molecular weight is 253 g/mol. The number of hydrogen-bond acceptors (Lipinski definition) is 3. The van der Waals surface area contributed by atoms with Crippen LogP contribution in [-0.2, 0) is 0 Å². The third-order valence-corrected chi connectivity index (χ3v) is 2.63. The van der Waals surface area contributed by atoms with Crippen molar-refractivity contribution in [2.75, 3.05) is 5.32 Å². The number of anilines is 1. The summed E-state index contributed by atoms with van der Waals surface area (Å²) in [6.07, 6.45) is 6.58. The first-order valence-corrected chi connectivity index (χ1v) is 5.73. The second kappa shape index (κ2) is 4.77. The first-order valence-electron chi connectivity index (χ1n) is 5.73. The molecule has 1 aromatic carbocycles. The van der Waals surface area contributed by atoms with Crippen molar-refractivity contribution in [2.45, 2.75) is 0 Å². The Kier molecular flexibility index (Phi) is 2.82. The van der Waals surface area contributed by atoms with Crippen LogP contribution >= 0.6 is 0 Å². The second-order valence-corrected chi connectivity index (χ2v) is 3.94. The molecule has 2 heterocycles. The molecule has 94 valence electrons. The Morgan fingerprint density at radius 1 is 1.32 bits per heavy atom. The van der Waals surface area contributed by atoms with E-state index in [-0.39, 0.29) is 5.91 Å². The maximum atomic E-state index is 11.9. The summed E-state index contributed by atoms with van der Waals surface area (Å²) in [5, 5.41) is 13.3. The van der Waals surface area contributed by atoms with Gasteiger partial charge in [-0.15, -0.1) is 0 Å². The van der Waals surface area contributed by atoms with Crippen molar-refractivity contribution in [3.63, 3.8) is 0 Å². The van der Waals surface area contributed by atoms with E-state index in [2.05, 4.69) is 20.6 Å². The van der Waals surface area contributed by atoms with E-state index in [9.17, 15) is 4.79 Å². The molecule has 0 aliphatic rings. The Morgan fingerprint density at radius 2 is 2.26 bits per heavy atom. The lowest BCUT2D eigenvalue weighted by molar-refractivity contribution is 0.102. The van der Waals surface area contributed by atoms with Crippen molar-refractivity contribution in [2.24, 2.45) is 0 Å². The number of aromatic amines is 1. The molecular weight excluding hydrogens is 242 g/mol. The minimum atomic E-state index is -0.202. The lowest BCUT2D eigenvalue weighted by Gasteiger charge is -2.06. The van der Waals surface area contributed by atoms with Crippen LogP contribution in [0.25, 0.3) is 5.69 Å². The number of H-pyrrole nitrogens is 1. The van der Waals surface area contributed by atoms with Gasteiger partial charge in [0.25, 0.3) is 5.91 Å². The summed E-state index contributed by atoms with van der Waals surface area (Å²) in [6.45, 7) is 0. The van der Waals surface area contributed by atoms with Crippen LogP contribution < -0.4 is 5.32 Å². The number of carbonyl (C=O) groups excluding carboxylic acids is 1. The van der Waals surface area contributed by atoms with Gasteiger partial charge < -0.3 is 5.32 Å². The Balaban J connectivity index is 1.82. The number of nitrogens with zero attached hydrogens (tertiary/aromatic N) is 3. The van der Waals surface area contributed by atoms with Gasteiger partial charge in [-0.2, -0.15) is 10.2 Å². The van der Waals surface area contributed by atoms with Gasteiger partial charge in [0.2, 0.25) is 0 Å². The molecule has 2 N–H and O–H groups in total. The number of benzene rings is 1. The highest BCUT2D eigenvalue weighted by Crippen LogP contribution is 2.14. The van der Waals surface area contributed by atoms with E-state index >= 15 is 0 Å². The van der Waals surface area contributed by atoms with E-state index in [1.807, 2.05) is 36.5 Å². The third kappa shape index (κ3) is 2.37. The second-order valence-electron chi connectivity index (χ2n) is 3.94. The molecule has 3 aromatic rings. The van der Waals surface area contributed by atoms with Crippen molar-refractivity contribution in [3.8, 4) is 5.69 Å². The lowest BCUT2D eigenvalue weighted by atomic mass is 10.2. The summed E-state index contributed by atoms with van der Waals surface area (Å²) in [5.74, 6) is -0.202. The number of nitrogens with one attached hydrogen (secondary N) is 2. The Morgan fingerprint density at radius 3 is 3.00 bits per heavy atom. The monoisotopic (exact) mass is 253 g/mol. The molecule has 3 rings (SSSR count). The number of hydrogen-bond donors (Lipinski definition) is 2. The van der Waals surface area contributed by atoms with E-state index in [1.165, 1.54) is 6.20 Å². The highest BCUT2D eigenvalue weighted by molar-refractivity contribution is 6.03. The van der Waals surface area contributed by atoms with Gasteiger partial charge in [-0.25, -0.2) is 4.68 Å². The van der Waals surface area contributed by atoms with E-state index in [4.69, 9.17) is 0 Å². The molecule has 0 radical (unpaired) electrons. The van der Waals surface area contributed by atoms with Crippen LogP contribution in [0.1, 0.15) is 10.4 Å². The van der Waals surface area contributed by atoms with E-state index in [1.54, 1.807) is 17.1 Å². The molecule has 0 saturated carbocycles. The molecule has 6 heteroatoms. The minimum absolute atomic E-state index is 0.202. The standard InChI is InChI=1S/C13H11N5O/c19-13(10-8-14-15-9-10)17-11-3-1-4-12(7-11)18-6-2-5-16-18/h1-9H,(H,14,15)(H,17,19). The van der Waals surface area contributed by atoms with Crippen LogP contribution in [0, 0.1) is 0 Å². The number of amides is 1. The molecular formula is C13H11N5O. The average Bonchev–Trinajstić information content (AvgIpc) is 3.13. The van der Waals surface area contributed by atoms with Crippen LogP contribution in [0.5, 0.6) is 0 Å².